The molecule has 1 unspecified atom stereocenters. The van der Waals surface area contributed by atoms with Crippen molar-refractivity contribution < 1.29 is 37.0 Å². The first kappa shape index (κ1) is 23.1. The largest absolute Gasteiger partial charge is 0.494 e. The fourth-order valence-corrected chi connectivity index (χ4v) is 3.83. The summed E-state index contributed by atoms with van der Waals surface area (Å²) in [5.74, 6) is -0.902. The summed E-state index contributed by atoms with van der Waals surface area (Å²) >= 11 is 0. The maximum Gasteiger partial charge on any atom is 0.416 e. The Morgan fingerprint density at radius 2 is 1.97 bits per heavy atom. The topological polar surface area (TPSA) is 97.0 Å². The van der Waals surface area contributed by atoms with Gasteiger partial charge in [-0.15, -0.1) is 0 Å². The molecule has 0 bridgehead atoms. The van der Waals surface area contributed by atoms with Crippen LogP contribution in [0.15, 0.2) is 59.8 Å². The molecule has 2 aromatic rings. The van der Waals surface area contributed by atoms with Gasteiger partial charge in [-0.05, 0) is 31.2 Å². The number of ether oxygens (including phenoxy) is 2. The Kier molecular flexibility index (Phi) is 6.18. The van der Waals surface area contributed by atoms with Crippen LogP contribution in [0, 0.1) is 0 Å². The molecule has 4 rings (SSSR count). The minimum atomic E-state index is -4.57. The number of carbonyl (C=O) groups excluding carboxylic acids is 3. The standard InChI is InChI=1S/C23H20F3N3O5/c1-2-33-17-9-4-3-8-15(17)20-19-16(12-34-21(19)31)29(22(32)28-20)11-18(30)27-14-7-5-6-13(10-14)23(24,25)26/h3-10,20H,2,11-12H2,1H3,(H,27,30)(H,28,32). The zero-order valence-electron chi connectivity index (χ0n) is 17.9. The number of alkyl halides is 3. The van der Waals surface area contributed by atoms with Crippen molar-refractivity contribution in [2.45, 2.75) is 19.1 Å². The van der Waals surface area contributed by atoms with Crippen LogP contribution in [0.1, 0.15) is 24.1 Å². The minimum Gasteiger partial charge on any atom is -0.494 e. The number of para-hydroxylation sites is 1. The van der Waals surface area contributed by atoms with Crippen LogP contribution >= 0.6 is 0 Å². The second-order valence-corrected chi connectivity index (χ2v) is 7.50. The van der Waals surface area contributed by atoms with Crippen molar-refractivity contribution in [2.75, 3.05) is 25.1 Å². The number of rotatable bonds is 6. The lowest BCUT2D eigenvalue weighted by Crippen LogP contribution is -2.49. The molecule has 0 fully saturated rings. The predicted octanol–water partition coefficient (Wildman–Crippen LogP) is 3.62. The molecule has 34 heavy (non-hydrogen) atoms. The van der Waals surface area contributed by atoms with E-state index in [-0.39, 0.29) is 23.6 Å². The Morgan fingerprint density at radius 3 is 2.71 bits per heavy atom. The summed E-state index contributed by atoms with van der Waals surface area (Å²) in [6.45, 7) is 1.43. The van der Waals surface area contributed by atoms with Gasteiger partial charge in [-0.3, -0.25) is 9.69 Å². The van der Waals surface area contributed by atoms with Crippen molar-refractivity contribution in [2.24, 2.45) is 0 Å². The zero-order chi connectivity index (χ0) is 24.5. The summed E-state index contributed by atoms with van der Waals surface area (Å²) in [5, 5.41) is 5.05. The van der Waals surface area contributed by atoms with Crippen LogP contribution in [0.2, 0.25) is 0 Å². The van der Waals surface area contributed by atoms with E-state index in [1.54, 1.807) is 31.2 Å². The van der Waals surface area contributed by atoms with E-state index in [9.17, 15) is 27.6 Å². The lowest BCUT2D eigenvalue weighted by Gasteiger charge is -2.33. The van der Waals surface area contributed by atoms with Crippen molar-refractivity contribution in [3.05, 3.63) is 70.9 Å². The molecule has 1 atom stereocenters. The van der Waals surface area contributed by atoms with Gasteiger partial charge in [0.15, 0.2) is 0 Å². The lowest BCUT2D eigenvalue weighted by atomic mass is 9.95. The number of cyclic esters (lactones) is 1. The molecule has 2 heterocycles. The highest BCUT2D eigenvalue weighted by molar-refractivity contribution is 6.00. The normalized spacial score (nSPS) is 17.8. The van der Waals surface area contributed by atoms with Crippen LogP contribution < -0.4 is 15.4 Å². The summed E-state index contributed by atoms with van der Waals surface area (Å²) in [7, 11) is 0. The molecule has 3 amide bonds. The van der Waals surface area contributed by atoms with E-state index < -0.39 is 42.2 Å². The Balaban J connectivity index is 1.59. The first-order valence-corrected chi connectivity index (χ1v) is 10.4. The molecule has 2 aliphatic rings. The first-order chi connectivity index (χ1) is 16.2. The van der Waals surface area contributed by atoms with Crippen molar-refractivity contribution in [3.8, 4) is 5.75 Å². The van der Waals surface area contributed by atoms with Crippen LogP contribution in [0.4, 0.5) is 23.7 Å². The molecule has 0 aliphatic carbocycles. The third kappa shape index (κ3) is 4.54. The number of halogens is 3. The molecule has 2 aromatic carbocycles. The molecular formula is C23H20F3N3O5. The van der Waals surface area contributed by atoms with Crippen molar-refractivity contribution in [1.82, 2.24) is 10.2 Å². The number of urea groups is 1. The van der Waals surface area contributed by atoms with Crippen LogP contribution in [0.5, 0.6) is 5.75 Å². The average molecular weight is 475 g/mol. The number of nitrogens with zero attached hydrogens (tertiary/aromatic N) is 1. The quantitative estimate of drug-likeness (QED) is 0.623. The second-order valence-electron chi connectivity index (χ2n) is 7.50. The fraction of sp³-hybridized carbons (Fsp3) is 0.261. The van der Waals surface area contributed by atoms with Crippen molar-refractivity contribution in [1.29, 1.82) is 0 Å². The van der Waals surface area contributed by atoms with E-state index >= 15 is 0 Å². The molecule has 2 aliphatic heterocycles. The number of esters is 1. The maximum absolute atomic E-state index is 12.9. The number of amides is 3. The lowest BCUT2D eigenvalue weighted by molar-refractivity contribution is -0.138. The van der Waals surface area contributed by atoms with Gasteiger partial charge in [-0.25, -0.2) is 9.59 Å². The van der Waals surface area contributed by atoms with E-state index in [1.165, 1.54) is 6.07 Å². The van der Waals surface area contributed by atoms with Gasteiger partial charge in [0, 0.05) is 11.3 Å². The summed E-state index contributed by atoms with van der Waals surface area (Å²) in [5.41, 5.74) is -0.0645. The van der Waals surface area contributed by atoms with Crippen LogP contribution in [-0.4, -0.2) is 42.6 Å². The van der Waals surface area contributed by atoms with Gasteiger partial charge in [0.2, 0.25) is 5.91 Å². The smallest absolute Gasteiger partial charge is 0.416 e. The second kappa shape index (κ2) is 9.08. The fourth-order valence-electron chi connectivity index (χ4n) is 3.83. The Bertz CT molecular complexity index is 1180. The van der Waals surface area contributed by atoms with Gasteiger partial charge < -0.3 is 20.1 Å². The van der Waals surface area contributed by atoms with E-state index in [4.69, 9.17) is 9.47 Å². The Labute approximate surface area is 192 Å². The van der Waals surface area contributed by atoms with Gasteiger partial charge in [-0.2, -0.15) is 13.2 Å². The van der Waals surface area contributed by atoms with Gasteiger partial charge >= 0.3 is 18.2 Å². The molecule has 0 saturated heterocycles. The molecule has 178 valence electrons. The molecule has 8 nitrogen and oxygen atoms in total. The van der Waals surface area contributed by atoms with Crippen LogP contribution in [0.3, 0.4) is 0 Å². The third-order valence-electron chi connectivity index (χ3n) is 5.30. The summed E-state index contributed by atoms with van der Waals surface area (Å²) in [6.07, 6.45) is -4.57. The van der Waals surface area contributed by atoms with E-state index in [1.807, 2.05) is 0 Å². The van der Waals surface area contributed by atoms with Gasteiger partial charge in [0.05, 0.1) is 29.5 Å². The average Bonchev–Trinajstić information content (AvgIpc) is 3.17. The van der Waals surface area contributed by atoms with Crippen LogP contribution in [-0.2, 0) is 20.5 Å². The number of carbonyl (C=O) groups is 3. The summed E-state index contributed by atoms with van der Waals surface area (Å²) in [4.78, 5) is 39.0. The van der Waals surface area contributed by atoms with E-state index in [0.717, 1.165) is 23.1 Å². The number of hydrogen-bond donors (Lipinski definition) is 2. The van der Waals surface area contributed by atoms with Gasteiger partial charge in [0.25, 0.3) is 0 Å². The summed E-state index contributed by atoms with van der Waals surface area (Å²) < 4.78 is 49.6. The zero-order valence-corrected chi connectivity index (χ0v) is 17.9. The van der Waals surface area contributed by atoms with Crippen molar-refractivity contribution >= 4 is 23.6 Å². The molecule has 11 heteroatoms. The number of nitrogens with one attached hydrogen (secondary N) is 2. The highest BCUT2D eigenvalue weighted by atomic mass is 19.4. The highest BCUT2D eigenvalue weighted by Crippen LogP contribution is 2.38. The predicted molar refractivity (Wildman–Crippen MR) is 114 cm³/mol. The molecule has 0 saturated carbocycles. The number of benzene rings is 2. The summed E-state index contributed by atoms with van der Waals surface area (Å²) in [6, 6.07) is 9.55. The minimum absolute atomic E-state index is 0.0753. The molecular weight excluding hydrogens is 455 g/mol. The first-order valence-electron chi connectivity index (χ1n) is 10.4. The monoisotopic (exact) mass is 475 g/mol. The third-order valence-corrected chi connectivity index (χ3v) is 5.30. The van der Waals surface area contributed by atoms with Crippen LogP contribution in [0.25, 0.3) is 0 Å². The Morgan fingerprint density at radius 1 is 1.21 bits per heavy atom. The van der Waals surface area contributed by atoms with Gasteiger partial charge in [-0.1, -0.05) is 24.3 Å². The molecule has 0 spiro atoms. The maximum atomic E-state index is 12.9. The molecule has 2 N–H and O–H groups in total. The van der Waals surface area contributed by atoms with Crippen molar-refractivity contribution in [3.63, 3.8) is 0 Å². The Hall–Kier alpha value is -4.02. The van der Waals surface area contributed by atoms with E-state index in [2.05, 4.69) is 10.6 Å². The molecule has 0 aromatic heterocycles. The SMILES string of the molecule is CCOc1ccccc1C1NC(=O)N(CC(=O)Nc2cccc(C(F)(F)F)c2)C2=C1C(=O)OC2. The number of hydrogen-bond acceptors (Lipinski definition) is 5. The highest BCUT2D eigenvalue weighted by Gasteiger charge is 2.43. The van der Waals surface area contributed by atoms with E-state index in [0.29, 0.717) is 17.9 Å². The van der Waals surface area contributed by atoms with Gasteiger partial charge in [0.1, 0.15) is 18.9 Å². The number of anilines is 1. The molecule has 0 radical (unpaired) electrons.